The normalized spacial score (nSPS) is 23.0. The SMILES string of the molecule is CC(C)N1C(=O)CC(=O)N(C2CC2)C1=O. The Morgan fingerprint density at radius 3 is 2.20 bits per heavy atom. The van der Waals surface area contributed by atoms with Crippen LogP contribution in [0.4, 0.5) is 4.79 Å². The van der Waals surface area contributed by atoms with Crippen LogP contribution in [0.2, 0.25) is 0 Å². The second-order valence-corrected chi connectivity index (χ2v) is 4.31. The molecule has 82 valence electrons. The third-order valence-corrected chi connectivity index (χ3v) is 2.68. The Kier molecular flexibility index (Phi) is 2.25. The number of urea groups is 1. The lowest BCUT2D eigenvalue weighted by Crippen LogP contribution is -2.57. The summed E-state index contributed by atoms with van der Waals surface area (Å²) < 4.78 is 0. The molecule has 0 aromatic heterocycles. The minimum absolute atomic E-state index is 0.0411. The Morgan fingerprint density at radius 2 is 1.73 bits per heavy atom. The molecular formula is C10H14N2O3. The summed E-state index contributed by atoms with van der Waals surface area (Å²) in [5.74, 6) is -0.721. The summed E-state index contributed by atoms with van der Waals surface area (Å²) in [6.07, 6.45) is 1.58. The summed E-state index contributed by atoms with van der Waals surface area (Å²) in [6, 6.07) is -0.576. The van der Waals surface area contributed by atoms with Crippen LogP contribution in [0.15, 0.2) is 0 Å². The first kappa shape index (κ1) is 10.1. The smallest absolute Gasteiger partial charge is 0.274 e. The molecule has 0 atom stereocenters. The highest BCUT2D eigenvalue weighted by Crippen LogP contribution is 2.31. The lowest BCUT2D eigenvalue weighted by atomic mass is 10.2. The van der Waals surface area contributed by atoms with Gasteiger partial charge in [0.15, 0.2) is 0 Å². The quantitative estimate of drug-likeness (QED) is 0.631. The van der Waals surface area contributed by atoms with Crippen molar-refractivity contribution in [3.63, 3.8) is 0 Å². The topological polar surface area (TPSA) is 57.7 Å². The van der Waals surface area contributed by atoms with Gasteiger partial charge in [-0.15, -0.1) is 0 Å². The molecule has 1 aliphatic carbocycles. The number of carbonyl (C=O) groups is 3. The highest BCUT2D eigenvalue weighted by atomic mass is 16.2. The van der Waals surface area contributed by atoms with Crippen molar-refractivity contribution in [1.82, 2.24) is 9.80 Å². The lowest BCUT2D eigenvalue weighted by Gasteiger charge is -2.34. The van der Waals surface area contributed by atoms with E-state index in [1.54, 1.807) is 13.8 Å². The molecule has 1 heterocycles. The molecule has 0 radical (unpaired) electrons. The van der Waals surface area contributed by atoms with Gasteiger partial charge in [-0.2, -0.15) is 0 Å². The van der Waals surface area contributed by atoms with E-state index < -0.39 is 6.03 Å². The molecule has 5 nitrogen and oxygen atoms in total. The first-order valence-electron chi connectivity index (χ1n) is 5.20. The molecule has 0 unspecified atom stereocenters. The van der Waals surface area contributed by atoms with E-state index in [0.29, 0.717) is 0 Å². The number of imide groups is 2. The van der Waals surface area contributed by atoms with Gasteiger partial charge < -0.3 is 0 Å². The Hall–Kier alpha value is -1.39. The number of nitrogens with zero attached hydrogens (tertiary/aromatic N) is 2. The van der Waals surface area contributed by atoms with Crippen LogP contribution in [0.5, 0.6) is 0 Å². The fourth-order valence-corrected chi connectivity index (χ4v) is 1.83. The van der Waals surface area contributed by atoms with Gasteiger partial charge in [0.05, 0.1) is 0 Å². The molecule has 1 aliphatic heterocycles. The zero-order valence-electron chi connectivity index (χ0n) is 8.90. The van der Waals surface area contributed by atoms with Crippen molar-refractivity contribution in [2.75, 3.05) is 0 Å². The Bertz CT molecular complexity index is 312. The van der Waals surface area contributed by atoms with Gasteiger partial charge in [-0.25, -0.2) is 4.79 Å². The molecule has 1 saturated heterocycles. The average molecular weight is 210 g/mol. The summed E-state index contributed by atoms with van der Waals surface area (Å²) in [5, 5.41) is 0. The van der Waals surface area contributed by atoms with Crippen LogP contribution in [0.1, 0.15) is 33.1 Å². The van der Waals surface area contributed by atoms with Crippen LogP contribution >= 0.6 is 0 Å². The molecule has 0 N–H and O–H groups in total. The maximum atomic E-state index is 11.9. The van der Waals surface area contributed by atoms with E-state index in [2.05, 4.69) is 0 Å². The molecule has 4 amide bonds. The van der Waals surface area contributed by atoms with Crippen LogP contribution in [0.25, 0.3) is 0 Å². The summed E-state index contributed by atoms with van der Waals surface area (Å²) >= 11 is 0. The molecule has 2 aliphatic rings. The van der Waals surface area contributed by atoms with E-state index in [1.165, 1.54) is 9.80 Å². The maximum absolute atomic E-state index is 11.9. The van der Waals surface area contributed by atoms with Crippen LogP contribution in [-0.4, -0.2) is 39.7 Å². The molecule has 0 aromatic carbocycles. The zero-order valence-corrected chi connectivity index (χ0v) is 8.90. The van der Waals surface area contributed by atoms with Gasteiger partial charge in [-0.3, -0.25) is 19.4 Å². The summed E-state index contributed by atoms with van der Waals surface area (Å²) in [7, 11) is 0. The standard InChI is InChI=1S/C10H14N2O3/c1-6(2)11-8(13)5-9(14)12(10(11)15)7-3-4-7/h6-7H,3-5H2,1-2H3. The predicted octanol–water partition coefficient (Wildman–Crippen LogP) is 0.738. The Labute approximate surface area is 88.0 Å². The molecule has 0 spiro atoms. The number of amides is 4. The van der Waals surface area contributed by atoms with Crippen molar-refractivity contribution in [3.05, 3.63) is 0 Å². The second kappa shape index (κ2) is 3.32. The number of barbiturate groups is 1. The number of hydrogen-bond donors (Lipinski definition) is 0. The van der Waals surface area contributed by atoms with Gasteiger partial charge in [0, 0.05) is 12.1 Å². The van der Waals surface area contributed by atoms with Gasteiger partial charge in [0.2, 0.25) is 11.8 Å². The second-order valence-electron chi connectivity index (χ2n) is 4.31. The Balaban J connectivity index is 2.24. The minimum atomic E-state index is -0.436. The zero-order chi connectivity index (χ0) is 11.2. The van der Waals surface area contributed by atoms with E-state index >= 15 is 0 Å². The van der Waals surface area contributed by atoms with Gasteiger partial charge in [0.1, 0.15) is 6.42 Å². The molecule has 15 heavy (non-hydrogen) atoms. The highest BCUT2D eigenvalue weighted by Gasteiger charge is 2.45. The number of rotatable bonds is 2. The maximum Gasteiger partial charge on any atom is 0.333 e. The molecule has 5 heteroatoms. The molecule has 0 bridgehead atoms. The van der Waals surface area contributed by atoms with Crippen molar-refractivity contribution < 1.29 is 14.4 Å². The van der Waals surface area contributed by atoms with Crippen LogP contribution in [0.3, 0.4) is 0 Å². The highest BCUT2D eigenvalue weighted by molar-refractivity contribution is 6.14. The van der Waals surface area contributed by atoms with E-state index in [4.69, 9.17) is 0 Å². The van der Waals surface area contributed by atoms with Gasteiger partial charge in [-0.1, -0.05) is 0 Å². The van der Waals surface area contributed by atoms with E-state index in [0.717, 1.165) is 12.8 Å². The summed E-state index contributed by atoms with van der Waals surface area (Å²) in [5.41, 5.74) is 0. The first-order chi connectivity index (χ1) is 7.02. The third-order valence-electron chi connectivity index (χ3n) is 2.68. The number of carbonyl (C=O) groups excluding carboxylic acids is 3. The fraction of sp³-hybridized carbons (Fsp3) is 0.700. The first-order valence-corrected chi connectivity index (χ1v) is 5.20. The van der Waals surface area contributed by atoms with Gasteiger partial charge >= 0.3 is 6.03 Å². The monoisotopic (exact) mass is 210 g/mol. The van der Waals surface area contributed by atoms with Crippen molar-refractivity contribution in [1.29, 1.82) is 0 Å². The third kappa shape index (κ3) is 1.62. The fourth-order valence-electron chi connectivity index (χ4n) is 1.83. The molecule has 0 aromatic rings. The van der Waals surface area contributed by atoms with Gasteiger partial charge in [0.25, 0.3) is 0 Å². The molecular weight excluding hydrogens is 196 g/mol. The van der Waals surface area contributed by atoms with Crippen LogP contribution in [0, 0.1) is 0 Å². The van der Waals surface area contributed by atoms with E-state index in [1.807, 2.05) is 0 Å². The molecule has 1 saturated carbocycles. The van der Waals surface area contributed by atoms with E-state index in [9.17, 15) is 14.4 Å². The summed E-state index contributed by atoms with van der Waals surface area (Å²) in [4.78, 5) is 37.3. The minimum Gasteiger partial charge on any atom is -0.274 e. The van der Waals surface area contributed by atoms with Crippen LogP contribution < -0.4 is 0 Å². The molecule has 2 fully saturated rings. The van der Waals surface area contributed by atoms with Crippen molar-refractivity contribution >= 4 is 17.8 Å². The van der Waals surface area contributed by atoms with Crippen molar-refractivity contribution in [2.24, 2.45) is 0 Å². The van der Waals surface area contributed by atoms with Crippen molar-refractivity contribution in [3.8, 4) is 0 Å². The molecule has 2 rings (SSSR count). The van der Waals surface area contributed by atoms with Gasteiger partial charge in [-0.05, 0) is 26.7 Å². The van der Waals surface area contributed by atoms with Crippen LogP contribution in [-0.2, 0) is 9.59 Å². The predicted molar refractivity (Wildman–Crippen MR) is 51.9 cm³/mol. The van der Waals surface area contributed by atoms with Crippen molar-refractivity contribution in [2.45, 2.75) is 45.2 Å². The summed E-state index contributed by atoms with van der Waals surface area (Å²) in [6.45, 7) is 3.55. The Morgan fingerprint density at radius 1 is 1.13 bits per heavy atom. The lowest BCUT2D eigenvalue weighted by molar-refractivity contribution is -0.143. The number of hydrogen-bond acceptors (Lipinski definition) is 3. The van der Waals surface area contributed by atoms with E-state index in [-0.39, 0.29) is 30.3 Å². The largest absolute Gasteiger partial charge is 0.333 e. The average Bonchev–Trinajstić information content (AvgIpc) is 2.85.